The van der Waals surface area contributed by atoms with Crippen LogP contribution in [0.1, 0.15) is 42.9 Å². The van der Waals surface area contributed by atoms with E-state index in [1.807, 2.05) is 36.4 Å². The van der Waals surface area contributed by atoms with Gasteiger partial charge in [-0.05, 0) is 73.9 Å². The summed E-state index contributed by atoms with van der Waals surface area (Å²) in [5, 5.41) is 2.29. The van der Waals surface area contributed by atoms with E-state index in [4.69, 9.17) is 0 Å². The third kappa shape index (κ3) is 4.41. The molecule has 11 heteroatoms. The van der Waals surface area contributed by atoms with Crippen molar-refractivity contribution >= 4 is 47.5 Å². The summed E-state index contributed by atoms with van der Waals surface area (Å²) in [5.41, 5.74) is 1.55. The number of fused-ring (bicyclic) bond motifs is 4. The minimum Gasteiger partial charge on any atom is -0.367 e. The first-order valence-corrected chi connectivity index (χ1v) is 14.5. The van der Waals surface area contributed by atoms with Crippen LogP contribution in [0, 0.1) is 5.41 Å². The standard InChI is InChI=1S/C32H33N5O6/c1-19(11-12-20-8-5-4-6-9-20)37-27(39)23(26(38)33-30(37)42)17-21-13-14-24-22(16-21)18-32(25-10-7-15-36(24)25)28(40)34(2)31(43)35(3)29(32)41/h4-6,8-9,13-14,16-17,19,25H,7,10-12,15,18H2,1-3H3,(H,33,38,42). The van der Waals surface area contributed by atoms with Gasteiger partial charge in [-0.25, -0.2) is 9.59 Å². The number of anilines is 1. The topological polar surface area (TPSA) is 127 Å². The van der Waals surface area contributed by atoms with E-state index < -0.39 is 47.1 Å². The van der Waals surface area contributed by atoms with Gasteiger partial charge in [0.05, 0.1) is 6.04 Å². The Morgan fingerprint density at radius 1 is 0.977 bits per heavy atom. The molecule has 6 rings (SSSR count). The monoisotopic (exact) mass is 583 g/mol. The van der Waals surface area contributed by atoms with E-state index in [0.29, 0.717) is 36.9 Å². The van der Waals surface area contributed by atoms with Gasteiger partial charge in [-0.3, -0.25) is 39.2 Å². The van der Waals surface area contributed by atoms with Crippen LogP contribution in [0.4, 0.5) is 15.3 Å². The molecular weight excluding hydrogens is 550 g/mol. The number of nitrogens with one attached hydrogen (secondary N) is 1. The van der Waals surface area contributed by atoms with Crippen molar-refractivity contribution in [1.29, 1.82) is 0 Å². The van der Waals surface area contributed by atoms with Crippen LogP contribution in [-0.4, -0.2) is 83.1 Å². The van der Waals surface area contributed by atoms with Crippen LogP contribution in [0.15, 0.2) is 54.1 Å². The third-order valence-electron chi connectivity index (χ3n) is 9.23. The van der Waals surface area contributed by atoms with Gasteiger partial charge in [0.15, 0.2) is 5.41 Å². The highest BCUT2D eigenvalue weighted by atomic mass is 16.2. The molecule has 0 radical (unpaired) electrons. The van der Waals surface area contributed by atoms with Crippen molar-refractivity contribution in [2.45, 2.75) is 51.1 Å². The lowest BCUT2D eigenvalue weighted by molar-refractivity contribution is -0.159. The Balaban J connectivity index is 1.31. The van der Waals surface area contributed by atoms with E-state index in [1.54, 1.807) is 19.1 Å². The summed E-state index contributed by atoms with van der Waals surface area (Å²) < 4.78 is 0. The Bertz CT molecular complexity index is 1580. The van der Waals surface area contributed by atoms with Crippen molar-refractivity contribution in [1.82, 2.24) is 20.0 Å². The van der Waals surface area contributed by atoms with E-state index >= 15 is 0 Å². The number of rotatable bonds is 5. The van der Waals surface area contributed by atoms with Crippen molar-refractivity contribution in [3.05, 3.63) is 70.8 Å². The predicted octanol–water partition coefficient (Wildman–Crippen LogP) is 2.73. The number of carbonyl (C=O) groups is 6. The molecule has 43 heavy (non-hydrogen) atoms. The van der Waals surface area contributed by atoms with Crippen LogP contribution in [0.25, 0.3) is 6.08 Å². The highest BCUT2D eigenvalue weighted by Gasteiger charge is 2.63. The Labute approximate surface area is 249 Å². The van der Waals surface area contributed by atoms with Crippen molar-refractivity contribution in [3.63, 3.8) is 0 Å². The van der Waals surface area contributed by atoms with Gasteiger partial charge >= 0.3 is 12.1 Å². The number of nitrogens with zero attached hydrogens (tertiary/aromatic N) is 4. The maximum atomic E-state index is 13.7. The zero-order valence-corrected chi connectivity index (χ0v) is 24.3. The average Bonchev–Trinajstić information content (AvgIpc) is 3.50. The number of hydrogen-bond donors (Lipinski definition) is 1. The molecule has 3 fully saturated rings. The van der Waals surface area contributed by atoms with Crippen LogP contribution >= 0.6 is 0 Å². The number of benzene rings is 2. The Morgan fingerprint density at radius 2 is 1.67 bits per heavy atom. The zero-order valence-electron chi connectivity index (χ0n) is 24.3. The third-order valence-corrected chi connectivity index (χ3v) is 9.23. The van der Waals surface area contributed by atoms with Crippen LogP contribution in [0.2, 0.25) is 0 Å². The molecule has 8 amide bonds. The highest BCUT2D eigenvalue weighted by molar-refractivity contribution is 6.31. The van der Waals surface area contributed by atoms with Crippen LogP contribution in [0.5, 0.6) is 0 Å². The molecular formula is C32H33N5O6. The van der Waals surface area contributed by atoms with Gasteiger partial charge in [0.2, 0.25) is 11.8 Å². The van der Waals surface area contributed by atoms with Crippen molar-refractivity contribution in [2.75, 3.05) is 25.5 Å². The minimum absolute atomic E-state index is 0.0847. The van der Waals surface area contributed by atoms with Gasteiger partial charge in [-0.1, -0.05) is 36.4 Å². The maximum Gasteiger partial charge on any atom is 0.332 e. The summed E-state index contributed by atoms with van der Waals surface area (Å²) in [4.78, 5) is 84.1. The smallest absolute Gasteiger partial charge is 0.332 e. The lowest BCUT2D eigenvalue weighted by Gasteiger charge is -2.50. The first-order valence-electron chi connectivity index (χ1n) is 14.5. The molecule has 222 valence electrons. The molecule has 1 spiro atoms. The number of carbonyl (C=O) groups excluding carboxylic acids is 6. The Morgan fingerprint density at radius 3 is 2.37 bits per heavy atom. The maximum absolute atomic E-state index is 13.7. The van der Waals surface area contributed by atoms with Gasteiger partial charge in [0.1, 0.15) is 5.57 Å². The summed E-state index contributed by atoms with van der Waals surface area (Å²) in [6.07, 6.45) is 4.14. The van der Waals surface area contributed by atoms with Gasteiger partial charge in [0, 0.05) is 32.4 Å². The molecule has 11 nitrogen and oxygen atoms in total. The fourth-order valence-electron chi connectivity index (χ4n) is 7.02. The molecule has 0 aromatic heterocycles. The number of hydrogen-bond acceptors (Lipinski definition) is 7. The molecule has 2 aromatic carbocycles. The summed E-state index contributed by atoms with van der Waals surface area (Å²) in [7, 11) is 2.79. The summed E-state index contributed by atoms with van der Waals surface area (Å²) in [6, 6.07) is 12.9. The Hall–Kier alpha value is -4.80. The first-order chi connectivity index (χ1) is 20.5. The van der Waals surface area contributed by atoms with Gasteiger partial charge < -0.3 is 4.90 Å². The fraction of sp³-hybridized carbons (Fsp3) is 0.375. The molecule has 0 saturated carbocycles. The second-order valence-corrected chi connectivity index (χ2v) is 11.8. The normalized spacial score (nSPS) is 23.2. The average molecular weight is 584 g/mol. The number of urea groups is 2. The minimum atomic E-state index is -1.46. The SMILES string of the molecule is CC(CCc1ccccc1)N1C(=O)NC(=O)C(=Cc2ccc3c(c2)CC2(C(=O)N(C)C(=O)N(C)C2=O)C2CCCN32)C1=O. The predicted molar refractivity (Wildman–Crippen MR) is 156 cm³/mol. The van der Waals surface area contributed by atoms with Gasteiger partial charge in [-0.15, -0.1) is 0 Å². The van der Waals surface area contributed by atoms with Crippen LogP contribution in [0.3, 0.4) is 0 Å². The quantitative estimate of drug-likeness (QED) is 0.326. The molecule has 2 aromatic rings. The number of aryl methyl sites for hydroxylation is 1. The van der Waals surface area contributed by atoms with Crippen LogP contribution < -0.4 is 10.2 Å². The first kappa shape index (κ1) is 28.3. The molecule has 0 bridgehead atoms. The molecule has 0 aliphatic carbocycles. The van der Waals surface area contributed by atoms with Crippen LogP contribution in [-0.2, 0) is 32.0 Å². The lowest BCUT2D eigenvalue weighted by Crippen LogP contribution is -2.70. The van der Waals surface area contributed by atoms with E-state index in [1.165, 1.54) is 20.2 Å². The zero-order chi connectivity index (χ0) is 30.6. The second-order valence-electron chi connectivity index (χ2n) is 11.8. The summed E-state index contributed by atoms with van der Waals surface area (Å²) in [5.74, 6) is -2.50. The van der Waals surface area contributed by atoms with Crippen molar-refractivity contribution in [2.24, 2.45) is 5.41 Å². The number of amides is 8. The highest BCUT2D eigenvalue weighted by Crippen LogP contribution is 2.49. The summed E-state index contributed by atoms with van der Waals surface area (Å²) in [6.45, 7) is 2.43. The number of barbiturate groups is 2. The van der Waals surface area contributed by atoms with E-state index in [-0.39, 0.29) is 18.0 Å². The van der Waals surface area contributed by atoms with Gasteiger partial charge in [-0.2, -0.15) is 0 Å². The summed E-state index contributed by atoms with van der Waals surface area (Å²) >= 11 is 0. The molecule has 4 aliphatic rings. The second kappa shape index (κ2) is 10.5. The Kier molecular flexibility index (Phi) is 6.90. The molecule has 1 N–H and O–H groups in total. The largest absolute Gasteiger partial charge is 0.367 e. The molecule has 2 unspecified atom stereocenters. The van der Waals surface area contributed by atoms with Crippen molar-refractivity contribution in [3.8, 4) is 0 Å². The lowest BCUT2D eigenvalue weighted by atomic mass is 9.68. The van der Waals surface area contributed by atoms with E-state index in [2.05, 4.69) is 10.2 Å². The van der Waals surface area contributed by atoms with E-state index in [0.717, 1.165) is 32.4 Å². The molecule has 3 saturated heterocycles. The molecule has 4 heterocycles. The van der Waals surface area contributed by atoms with E-state index in [9.17, 15) is 28.8 Å². The molecule has 2 atom stereocenters. The molecule has 4 aliphatic heterocycles. The van der Waals surface area contributed by atoms with Gasteiger partial charge in [0.25, 0.3) is 11.8 Å². The van der Waals surface area contributed by atoms with Crippen molar-refractivity contribution < 1.29 is 28.8 Å². The fourth-order valence-corrected chi connectivity index (χ4v) is 7.02. The number of imide groups is 4.